The van der Waals surface area contributed by atoms with E-state index in [0.29, 0.717) is 0 Å². The minimum absolute atomic E-state index is 0. The summed E-state index contributed by atoms with van der Waals surface area (Å²) in [7, 11) is 0. The standard InChI is InChI=1S/C23H21N/c1-18-10-9-11-19(2)23(18)24-17-22(21-14-7-4-8-15-21)16-20-12-5-3-6-13-20/h3-17H,1-2H3/p+1/b22-16-,24-17?. The molecule has 118 valence electrons. The molecule has 24 heavy (non-hydrogen) atoms. The van der Waals surface area contributed by atoms with E-state index in [1.54, 1.807) is 0 Å². The van der Waals surface area contributed by atoms with E-state index in [0.717, 1.165) is 16.8 Å². The van der Waals surface area contributed by atoms with E-state index in [1.807, 2.05) is 18.3 Å². The average Bonchev–Trinajstić information content (AvgIpc) is 2.62. The molecule has 3 aromatic carbocycles. The molecule has 0 atom stereocenters. The maximum Gasteiger partial charge on any atom is 1.00 e. The summed E-state index contributed by atoms with van der Waals surface area (Å²) in [5.74, 6) is 0. The highest BCUT2D eigenvalue weighted by molar-refractivity contribution is 6.16. The Morgan fingerprint density at radius 1 is 0.750 bits per heavy atom. The van der Waals surface area contributed by atoms with Gasteiger partial charge in [-0.3, -0.25) is 4.99 Å². The first-order valence-corrected chi connectivity index (χ1v) is 8.16. The number of aryl methyl sites for hydroxylation is 2. The molecule has 3 rings (SSSR count). The largest absolute Gasteiger partial charge is 1.00 e. The summed E-state index contributed by atoms with van der Waals surface area (Å²) >= 11 is 0. The Morgan fingerprint density at radius 2 is 1.33 bits per heavy atom. The first kappa shape index (κ1) is 15.9. The van der Waals surface area contributed by atoms with Crippen LogP contribution in [0.4, 0.5) is 5.69 Å². The smallest absolute Gasteiger partial charge is 0.256 e. The maximum atomic E-state index is 4.78. The van der Waals surface area contributed by atoms with Crippen molar-refractivity contribution in [3.8, 4) is 0 Å². The average molecular weight is 312 g/mol. The molecule has 0 spiro atoms. The van der Waals surface area contributed by atoms with Gasteiger partial charge in [-0.2, -0.15) is 0 Å². The highest BCUT2D eigenvalue weighted by atomic mass is 14.7. The molecule has 0 aliphatic rings. The molecule has 0 saturated heterocycles. The number of para-hydroxylation sites is 1. The van der Waals surface area contributed by atoms with Gasteiger partial charge in [-0.1, -0.05) is 78.9 Å². The van der Waals surface area contributed by atoms with Crippen molar-refractivity contribution in [1.82, 2.24) is 0 Å². The number of hydrogen-bond acceptors (Lipinski definition) is 1. The van der Waals surface area contributed by atoms with E-state index in [4.69, 9.17) is 4.99 Å². The summed E-state index contributed by atoms with van der Waals surface area (Å²) < 4.78 is 0. The van der Waals surface area contributed by atoms with Crippen molar-refractivity contribution < 1.29 is 1.43 Å². The first-order valence-electron chi connectivity index (χ1n) is 8.16. The quantitative estimate of drug-likeness (QED) is 0.392. The van der Waals surface area contributed by atoms with Crippen LogP contribution in [-0.2, 0) is 0 Å². The van der Waals surface area contributed by atoms with Crippen molar-refractivity contribution in [3.63, 3.8) is 0 Å². The van der Waals surface area contributed by atoms with Crippen molar-refractivity contribution in [1.29, 1.82) is 0 Å². The molecule has 0 amide bonds. The van der Waals surface area contributed by atoms with Crippen LogP contribution in [0.2, 0.25) is 0 Å². The topological polar surface area (TPSA) is 12.4 Å². The molecule has 0 saturated carbocycles. The maximum absolute atomic E-state index is 4.78. The molecule has 1 nitrogen and oxygen atoms in total. The predicted molar refractivity (Wildman–Crippen MR) is 106 cm³/mol. The van der Waals surface area contributed by atoms with Crippen LogP contribution in [0.25, 0.3) is 11.6 Å². The lowest BCUT2D eigenvalue weighted by Crippen LogP contribution is -1.87. The monoisotopic (exact) mass is 312 g/mol. The van der Waals surface area contributed by atoms with Gasteiger partial charge in [-0.15, -0.1) is 0 Å². The fraction of sp³-hybridized carbons (Fsp3) is 0.0870. The molecule has 0 bridgehead atoms. The van der Waals surface area contributed by atoms with E-state index in [9.17, 15) is 0 Å². The lowest BCUT2D eigenvalue weighted by atomic mass is 10.0. The van der Waals surface area contributed by atoms with Crippen LogP contribution in [0, 0.1) is 13.8 Å². The zero-order valence-electron chi connectivity index (χ0n) is 15.1. The second-order valence-corrected chi connectivity index (χ2v) is 5.88. The van der Waals surface area contributed by atoms with Gasteiger partial charge in [0.2, 0.25) is 0 Å². The SMILES string of the molecule is Cc1cccc(C)c1N=C/C(=C/c1ccccc1)c1ccccc1.[H+]. The Kier molecular flexibility index (Phi) is 5.02. The van der Waals surface area contributed by atoms with Crippen LogP contribution in [0.15, 0.2) is 83.9 Å². The van der Waals surface area contributed by atoms with Crippen molar-refractivity contribution in [2.24, 2.45) is 4.99 Å². The van der Waals surface area contributed by atoms with Crippen molar-refractivity contribution in [2.45, 2.75) is 13.8 Å². The van der Waals surface area contributed by atoms with Crippen LogP contribution >= 0.6 is 0 Å². The number of nitrogens with zero attached hydrogens (tertiary/aromatic N) is 1. The van der Waals surface area contributed by atoms with Gasteiger partial charge in [-0.05, 0) is 42.2 Å². The summed E-state index contributed by atoms with van der Waals surface area (Å²) in [4.78, 5) is 4.78. The van der Waals surface area contributed by atoms with Crippen LogP contribution in [0.1, 0.15) is 23.7 Å². The highest BCUT2D eigenvalue weighted by Gasteiger charge is 2.02. The second kappa shape index (κ2) is 7.56. The molecule has 0 N–H and O–H groups in total. The lowest BCUT2D eigenvalue weighted by Gasteiger charge is -2.06. The third-order valence-corrected chi connectivity index (χ3v) is 4.00. The van der Waals surface area contributed by atoms with Gasteiger partial charge in [0.25, 0.3) is 0 Å². The van der Waals surface area contributed by atoms with Gasteiger partial charge in [0, 0.05) is 11.8 Å². The van der Waals surface area contributed by atoms with Crippen LogP contribution in [0.3, 0.4) is 0 Å². The molecule has 0 aliphatic carbocycles. The van der Waals surface area contributed by atoms with Crippen LogP contribution in [0.5, 0.6) is 0 Å². The Balaban J connectivity index is 0.00000225. The summed E-state index contributed by atoms with van der Waals surface area (Å²) in [5.41, 5.74) is 6.87. The number of benzene rings is 3. The zero-order valence-corrected chi connectivity index (χ0v) is 14.1. The number of aliphatic imine (C=N–C) groups is 1. The molecule has 0 radical (unpaired) electrons. The normalized spacial score (nSPS) is 11.8. The minimum Gasteiger partial charge on any atom is -0.256 e. The van der Waals surface area contributed by atoms with E-state index < -0.39 is 0 Å². The van der Waals surface area contributed by atoms with Gasteiger partial charge < -0.3 is 0 Å². The molecule has 0 fully saturated rings. The summed E-state index contributed by atoms with van der Waals surface area (Å²) in [5, 5.41) is 0. The summed E-state index contributed by atoms with van der Waals surface area (Å²) in [6.07, 6.45) is 4.14. The second-order valence-electron chi connectivity index (χ2n) is 5.88. The van der Waals surface area contributed by atoms with Crippen molar-refractivity contribution >= 4 is 23.6 Å². The van der Waals surface area contributed by atoms with Gasteiger partial charge in [0.05, 0.1) is 5.69 Å². The van der Waals surface area contributed by atoms with Gasteiger partial charge in [-0.25, -0.2) is 0 Å². The third kappa shape index (κ3) is 3.88. The molecule has 0 heterocycles. The molecular formula is C23H22N+. The van der Waals surface area contributed by atoms with E-state index >= 15 is 0 Å². The minimum atomic E-state index is 0. The molecule has 3 aromatic rings. The Labute approximate surface area is 145 Å². The van der Waals surface area contributed by atoms with Gasteiger partial charge in [0.15, 0.2) is 0 Å². The fourth-order valence-electron chi connectivity index (χ4n) is 2.70. The molecule has 0 aromatic heterocycles. The number of rotatable bonds is 4. The molecule has 0 aliphatic heterocycles. The zero-order chi connectivity index (χ0) is 16.8. The van der Waals surface area contributed by atoms with E-state index in [1.165, 1.54) is 16.7 Å². The Bertz CT molecular complexity index is 845. The van der Waals surface area contributed by atoms with Crippen LogP contribution < -0.4 is 0 Å². The predicted octanol–water partition coefficient (Wildman–Crippen LogP) is 6.36. The first-order chi connectivity index (χ1) is 11.7. The van der Waals surface area contributed by atoms with Crippen LogP contribution in [-0.4, -0.2) is 6.21 Å². The molecule has 0 unspecified atom stereocenters. The Hall–Kier alpha value is -2.93. The van der Waals surface area contributed by atoms with E-state index in [2.05, 4.69) is 86.7 Å². The molecule has 1 heteroatoms. The fourth-order valence-corrected chi connectivity index (χ4v) is 2.70. The Morgan fingerprint density at radius 3 is 1.96 bits per heavy atom. The number of hydrogen-bond donors (Lipinski definition) is 0. The summed E-state index contributed by atoms with van der Waals surface area (Å²) in [6.45, 7) is 4.20. The van der Waals surface area contributed by atoms with Crippen molar-refractivity contribution in [3.05, 3.63) is 101 Å². The van der Waals surface area contributed by atoms with E-state index in [-0.39, 0.29) is 1.43 Å². The number of allylic oxidation sites excluding steroid dienone is 1. The van der Waals surface area contributed by atoms with Gasteiger partial charge in [0.1, 0.15) is 0 Å². The van der Waals surface area contributed by atoms with Crippen molar-refractivity contribution in [2.75, 3.05) is 0 Å². The highest BCUT2D eigenvalue weighted by Crippen LogP contribution is 2.24. The third-order valence-electron chi connectivity index (χ3n) is 4.00. The lowest BCUT2D eigenvalue weighted by molar-refractivity contribution is 1.33. The van der Waals surface area contributed by atoms with Gasteiger partial charge >= 0.3 is 1.43 Å². The molecular weight excluding hydrogens is 290 g/mol. The summed E-state index contributed by atoms with van der Waals surface area (Å²) in [6, 6.07) is 27.0.